The van der Waals surface area contributed by atoms with Gasteiger partial charge >= 0.3 is 0 Å². The quantitative estimate of drug-likeness (QED) is 0.784. The van der Waals surface area contributed by atoms with E-state index in [9.17, 15) is 4.79 Å². The highest BCUT2D eigenvalue weighted by Crippen LogP contribution is 2.33. The molecule has 2 nitrogen and oxygen atoms in total. The molecule has 0 N–H and O–H groups in total. The van der Waals surface area contributed by atoms with Crippen molar-refractivity contribution in [2.75, 3.05) is 7.11 Å². The summed E-state index contributed by atoms with van der Waals surface area (Å²) in [5, 5.41) is 0.551. The largest absolute Gasteiger partial charge is 0.496 e. The van der Waals surface area contributed by atoms with Crippen molar-refractivity contribution in [1.29, 1.82) is 0 Å². The number of carbonyl (C=O) groups is 1. The summed E-state index contributed by atoms with van der Waals surface area (Å²) >= 11 is 7.04. The molecule has 0 atom stereocenters. The SMILES string of the molecule is COc1ccc(Cl)cc1SC(=O)c1ccccc1. The summed E-state index contributed by atoms with van der Waals surface area (Å²) in [5.41, 5.74) is 0.657. The molecule has 2 aromatic carbocycles. The summed E-state index contributed by atoms with van der Waals surface area (Å²) in [6.45, 7) is 0. The van der Waals surface area contributed by atoms with E-state index in [0.717, 1.165) is 16.7 Å². The number of ether oxygens (including phenoxy) is 1. The second kappa shape index (κ2) is 5.94. The van der Waals surface area contributed by atoms with Gasteiger partial charge in [-0.25, -0.2) is 0 Å². The molecule has 2 aromatic rings. The molecule has 92 valence electrons. The van der Waals surface area contributed by atoms with E-state index in [1.165, 1.54) is 0 Å². The third-order valence-corrected chi connectivity index (χ3v) is 3.53. The molecule has 0 saturated carbocycles. The Morgan fingerprint density at radius 2 is 1.89 bits per heavy atom. The van der Waals surface area contributed by atoms with Crippen LogP contribution in [-0.2, 0) is 0 Å². The molecule has 0 aliphatic rings. The summed E-state index contributed by atoms with van der Waals surface area (Å²) < 4.78 is 5.21. The minimum atomic E-state index is -0.0313. The Morgan fingerprint density at radius 3 is 2.56 bits per heavy atom. The highest BCUT2D eigenvalue weighted by atomic mass is 35.5. The number of rotatable bonds is 3. The summed E-state index contributed by atoms with van der Waals surface area (Å²) in [5.74, 6) is 0.647. The zero-order valence-electron chi connectivity index (χ0n) is 9.72. The molecule has 0 aliphatic carbocycles. The second-order valence-electron chi connectivity index (χ2n) is 3.55. The maximum Gasteiger partial charge on any atom is 0.224 e. The van der Waals surface area contributed by atoms with E-state index in [1.807, 2.05) is 18.2 Å². The van der Waals surface area contributed by atoms with Crippen LogP contribution < -0.4 is 4.74 Å². The maximum absolute atomic E-state index is 12.1. The average molecular weight is 279 g/mol. The van der Waals surface area contributed by atoms with Gasteiger partial charge in [-0.1, -0.05) is 41.9 Å². The number of methoxy groups -OCH3 is 1. The van der Waals surface area contributed by atoms with E-state index in [-0.39, 0.29) is 5.12 Å². The van der Waals surface area contributed by atoms with Crippen LogP contribution in [0.3, 0.4) is 0 Å². The molecular weight excluding hydrogens is 268 g/mol. The number of thioether (sulfide) groups is 1. The van der Waals surface area contributed by atoms with Crippen molar-refractivity contribution in [2.45, 2.75) is 4.90 Å². The van der Waals surface area contributed by atoms with Crippen molar-refractivity contribution in [1.82, 2.24) is 0 Å². The summed E-state index contributed by atoms with van der Waals surface area (Å²) in [4.78, 5) is 12.8. The van der Waals surface area contributed by atoms with Crippen LogP contribution >= 0.6 is 23.4 Å². The lowest BCUT2D eigenvalue weighted by Crippen LogP contribution is -1.94. The Bertz CT molecular complexity index is 555. The lowest BCUT2D eigenvalue weighted by molar-refractivity contribution is 0.108. The zero-order valence-corrected chi connectivity index (χ0v) is 11.3. The first kappa shape index (κ1) is 13.0. The first-order valence-corrected chi connectivity index (χ1v) is 6.51. The predicted molar refractivity (Wildman–Crippen MR) is 74.6 cm³/mol. The van der Waals surface area contributed by atoms with Gasteiger partial charge in [0.2, 0.25) is 5.12 Å². The van der Waals surface area contributed by atoms with Gasteiger partial charge in [-0.3, -0.25) is 4.79 Å². The highest BCUT2D eigenvalue weighted by Gasteiger charge is 2.12. The Balaban J connectivity index is 2.24. The zero-order chi connectivity index (χ0) is 13.0. The third kappa shape index (κ3) is 3.06. The lowest BCUT2D eigenvalue weighted by Gasteiger charge is -2.07. The number of hydrogen-bond acceptors (Lipinski definition) is 3. The van der Waals surface area contributed by atoms with Gasteiger partial charge in [0.1, 0.15) is 5.75 Å². The fourth-order valence-electron chi connectivity index (χ4n) is 1.46. The van der Waals surface area contributed by atoms with E-state index < -0.39 is 0 Å². The van der Waals surface area contributed by atoms with Crippen LogP contribution in [0.2, 0.25) is 5.02 Å². The van der Waals surface area contributed by atoms with Crippen LogP contribution in [0.15, 0.2) is 53.4 Å². The van der Waals surface area contributed by atoms with Crippen molar-refractivity contribution in [3.63, 3.8) is 0 Å². The molecule has 0 fully saturated rings. The molecule has 0 spiro atoms. The van der Waals surface area contributed by atoms with Gasteiger partial charge in [-0.05, 0) is 30.0 Å². The van der Waals surface area contributed by atoms with E-state index in [2.05, 4.69) is 0 Å². The van der Waals surface area contributed by atoms with Crippen LogP contribution in [0.25, 0.3) is 0 Å². The summed E-state index contributed by atoms with van der Waals surface area (Å²) in [6, 6.07) is 14.3. The van der Waals surface area contributed by atoms with Crippen LogP contribution in [0.4, 0.5) is 0 Å². The smallest absolute Gasteiger partial charge is 0.224 e. The van der Waals surface area contributed by atoms with E-state index in [0.29, 0.717) is 16.3 Å². The van der Waals surface area contributed by atoms with Gasteiger partial charge in [0.05, 0.1) is 12.0 Å². The van der Waals surface area contributed by atoms with Crippen LogP contribution in [0.5, 0.6) is 5.75 Å². The van der Waals surface area contributed by atoms with Crippen LogP contribution in [-0.4, -0.2) is 12.2 Å². The minimum absolute atomic E-state index is 0.0313. The fraction of sp³-hybridized carbons (Fsp3) is 0.0714. The van der Waals surface area contributed by atoms with Gasteiger partial charge in [0.25, 0.3) is 0 Å². The van der Waals surface area contributed by atoms with Gasteiger partial charge in [-0.15, -0.1) is 0 Å². The predicted octanol–water partition coefficient (Wildman–Crippen LogP) is 4.28. The number of hydrogen-bond donors (Lipinski definition) is 0. The van der Waals surface area contributed by atoms with Crippen molar-refractivity contribution in [2.24, 2.45) is 0 Å². The highest BCUT2D eigenvalue weighted by molar-refractivity contribution is 8.14. The average Bonchev–Trinajstić information content (AvgIpc) is 2.40. The number of halogens is 1. The Morgan fingerprint density at radius 1 is 1.17 bits per heavy atom. The Labute approximate surface area is 115 Å². The van der Waals surface area contributed by atoms with Gasteiger partial charge in [0.15, 0.2) is 0 Å². The lowest BCUT2D eigenvalue weighted by atomic mass is 10.2. The minimum Gasteiger partial charge on any atom is -0.496 e. The molecule has 2 rings (SSSR count). The molecule has 4 heteroatoms. The summed E-state index contributed by atoms with van der Waals surface area (Å²) in [7, 11) is 1.57. The molecule has 0 heterocycles. The second-order valence-corrected chi connectivity index (χ2v) is 5.00. The van der Waals surface area contributed by atoms with Gasteiger partial charge in [0, 0.05) is 10.6 Å². The number of carbonyl (C=O) groups excluding carboxylic acids is 1. The van der Waals surface area contributed by atoms with Crippen LogP contribution in [0.1, 0.15) is 10.4 Å². The van der Waals surface area contributed by atoms with Crippen molar-refractivity contribution in [3.05, 3.63) is 59.1 Å². The third-order valence-electron chi connectivity index (χ3n) is 2.34. The normalized spacial score (nSPS) is 10.1. The molecule has 0 aliphatic heterocycles. The van der Waals surface area contributed by atoms with Crippen molar-refractivity contribution in [3.8, 4) is 5.75 Å². The molecular formula is C14H11ClO2S. The maximum atomic E-state index is 12.1. The molecule has 18 heavy (non-hydrogen) atoms. The summed E-state index contributed by atoms with van der Waals surface area (Å²) in [6.07, 6.45) is 0. The monoisotopic (exact) mass is 278 g/mol. The number of benzene rings is 2. The Kier molecular flexibility index (Phi) is 4.28. The van der Waals surface area contributed by atoms with Crippen molar-refractivity contribution >= 4 is 28.5 Å². The molecule has 0 radical (unpaired) electrons. The van der Waals surface area contributed by atoms with Crippen LogP contribution in [0, 0.1) is 0 Å². The standard InChI is InChI=1S/C14H11ClO2S/c1-17-12-8-7-11(15)9-13(12)18-14(16)10-5-3-2-4-6-10/h2-9H,1H3. The van der Waals surface area contributed by atoms with Gasteiger partial charge < -0.3 is 4.74 Å². The topological polar surface area (TPSA) is 26.3 Å². The molecule has 0 unspecified atom stereocenters. The molecule has 0 bridgehead atoms. The molecule has 0 aromatic heterocycles. The van der Waals surface area contributed by atoms with E-state index in [1.54, 1.807) is 37.4 Å². The van der Waals surface area contributed by atoms with E-state index >= 15 is 0 Å². The van der Waals surface area contributed by atoms with Crippen molar-refractivity contribution < 1.29 is 9.53 Å². The molecule has 0 saturated heterocycles. The fourth-order valence-corrected chi connectivity index (χ4v) is 2.59. The first-order valence-electron chi connectivity index (χ1n) is 5.31. The molecule has 0 amide bonds. The van der Waals surface area contributed by atoms with Gasteiger partial charge in [-0.2, -0.15) is 0 Å². The van der Waals surface area contributed by atoms with E-state index in [4.69, 9.17) is 16.3 Å². The Hall–Kier alpha value is -1.45. The first-order chi connectivity index (χ1) is 8.70.